The Kier molecular flexibility index (Phi) is 4.71. The third kappa shape index (κ3) is 3.71. The van der Waals surface area contributed by atoms with Crippen LogP contribution < -0.4 is 10.6 Å². The number of nitrogens with zero attached hydrogens (tertiary/aromatic N) is 3. The van der Waals surface area contributed by atoms with Crippen molar-refractivity contribution < 1.29 is 9.59 Å². The SMILES string of the molecule is CN1CCC(NC(=O)Nc2cc(C(C)(C)C)nn2-c2ccccc2)C1=O. The van der Waals surface area contributed by atoms with Crippen molar-refractivity contribution in [1.29, 1.82) is 0 Å². The molecule has 1 aliphatic rings. The molecular weight excluding hydrogens is 330 g/mol. The van der Waals surface area contributed by atoms with Gasteiger partial charge in [-0.25, -0.2) is 9.48 Å². The lowest BCUT2D eigenvalue weighted by atomic mass is 9.92. The fraction of sp³-hybridized carbons (Fsp3) is 0.421. The van der Waals surface area contributed by atoms with Gasteiger partial charge in [0.1, 0.15) is 11.9 Å². The van der Waals surface area contributed by atoms with Gasteiger partial charge in [-0.3, -0.25) is 10.1 Å². The van der Waals surface area contributed by atoms with Crippen molar-refractivity contribution in [2.45, 2.75) is 38.6 Å². The molecule has 1 aliphatic heterocycles. The zero-order valence-corrected chi connectivity index (χ0v) is 15.6. The normalized spacial score (nSPS) is 17.5. The van der Waals surface area contributed by atoms with E-state index in [1.54, 1.807) is 16.6 Å². The molecule has 7 nitrogen and oxygen atoms in total. The monoisotopic (exact) mass is 355 g/mol. The van der Waals surface area contributed by atoms with Gasteiger partial charge in [0.15, 0.2) is 0 Å². The number of amides is 3. The maximum absolute atomic E-state index is 12.4. The van der Waals surface area contributed by atoms with Crippen molar-refractivity contribution in [3.8, 4) is 5.69 Å². The molecule has 2 N–H and O–H groups in total. The van der Waals surface area contributed by atoms with Crippen molar-refractivity contribution in [2.24, 2.45) is 0 Å². The number of aromatic nitrogens is 2. The number of carbonyl (C=O) groups is 2. The van der Waals surface area contributed by atoms with Gasteiger partial charge >= 0.3 is 6.03 Å². The molecular formula is C19H25N5O2. The van der Waals surface area contributed by atoms with Crippen LogP contribution in [0.1, 0.15) is 32.9 Å². The molecule has 0 saturated carbocycles. The van der Waals surface area contributed by atoms with E-state index >= 15 is 0 Å². The third-order valence-electron chi connectivity index (χ3n) is 4.45. The summed E-state index contributed by atoms with van der Waals surface area (Å²) in [6.07, 6.45) is 0.619. The lowest BCUT2D eigenvalue weighted by Gasteiger charge is -2.14. The molecule has 138 valence electrons. The quantitative estimate of drug-likeness (QED) is 0.888. The average Bonchev–Trinajstić information content (AvgIpc) is 3.14. The standard InChI is InChI=1S/C19H25N5O2/c1-19(2,3)15-12-16(24(22-15)13-8-6-5-7-9-13)21-18(26)20-14-10-11-23(4)17(14)25/h5-9,12,14H,10-11H2,1-4H3,(H2,20,21,26). The Morgan fingerprint density at radius 2 is 1.92 bits per heavy atom. The Balaban J connectivity index is 1.83. The maximum Gasteiger partial charge on any atom is 0.321 e. The largest absolute Gasteiger partial charge is 0.344 e. The lowest BCUT2D eigenvalue weighted by molar-refractivity contribution is -0.128. The number of rotatable bonds is 3. The second-order valence-electron chi connectivity index (χ2n) is 7.61. The molecule has 1 unspecified atom stereocenters. The van der Waals surface area contributed by atoms with E-state index in [0.29, 0.717) is 18.8 Å². The van der Waals surface area contributed by atoms with Crippen molar-refractivity contribution in [1.82, 2.24) is 20.0 Å². The van der Waals surface area contributed by atoms with E-state index in [1.165, 1.54) is 0 Å². The first-order chi connectivity index (χ1) is 12.3. The average molecular weight is 355 g/mol. The number of likely N-dealkylation sites (N-methyl/N-ethyl adjacent to an activating group) is 1. The number of urea groups is 1. The summed E-state index contributed by atoms with van der Waals surface area (Å²) in [7, 11) is 1.74. The number of nitrogens with one attached hydrogen (secondary N) is 2. The predicted octanol–water partition coefficient (Wildman–Crippen LogP) is 2.52. The molecule has 0 bridgehead atoms. The minimum absolute atomic E-state index is 0.0629. The summed E-state index contributed by atoms with van der Waals surface area (Å²) in [6, 6.07) is 10.6. The van der Waals surface area contributed by atoms with E-state index < -0.39 is 12.1 Å². The van der Waals surface area contributed by atoms with Crippen molar-refractivity contribution >= 4 is 17.8 Å². The van der Waals surface area contributed by atoms with Crippen LogP contribution >= 0.6 is 0 Å². The number of carbonyl (C=O) groups excluding carboxylic acids is 2. The first-order valence-electron chi connectivity index (χ1n) is 8.74. The van der Waals surface area contributed by atoms with Crippen LogP contribution in [-0.4, -0.2) is 46.3 Å². The summed E-state index contributed by atoms with van der Waals surface area (Å²) in [6.45, 7) is 6.87. The Morgan fingerprint density at radius 3 is 2.50 bits per heavy atom. The van der Waals surface area contributed by atoms with Crippen LogP contribution in [-0.2, 0) is 10.2 Å². The van der Waals surface area contributed by atoms with E-state index in [9.17, 15) is 9.59 Å². The lowest BCUT2D eigenvalue weighted by Crippen LogP contribution is -2.42. The Labute approximate surface area is 153 Å². The molecule has 3 rings (SSSR count). The van der Waals surface area contributed by atoms with Crippen molar-refractivity contribution in [3.63, 3.8) is 0 Å². The van der Waals surface area contributed by atoms with Crippen LogP contribution in [0, 0.1) is 0 Å². The molecule has 0 aliphatic carbocycles. The van der Waals surface area contributed by atoms with E-state index in [0.717, 1.165) is 11.4 Å². The highest BCUT2D eigenvalue weighted by Crippen LogP contribution is 2.26. The highest BCUT2D eigenvalue weighted by atomic mass is 16.2. The van der Waals surface area contributed by atoms with E-state index in [2.05, 4.69) is 36.5 Å². The summed E-state index contributed by atoms with van der Waals surface area (Å²) < 4.78 is 1.71. The van der Waals surface area contributed by atoms with Gasteiger partial charge in [-0.2, -0.15) is 5.10 Å². The number of para-hydroxylation sites is 1. The van der Waals surface area contributed by atoms with Gasteiger partial charge in [0.25, 0.3) is 0 Å². The van der Waals surface area contributed by atoms with Crippen LogP contribution in [0.3, 0.4) is 0 Å². The van der Waals surface area contributed by atoms with Gasteiger partial charge in [-0.05, 0) is 18.6 Å². The Hall–Kier alpha value is -2.83. The highest BCUT2D eigenvalue weighted by molar-refractivity contribution is 5.94. The number of hydrogen-bond donors (Lipinski definition) is 2. The van der Waals surface area contributed by atoms with Crippen LogP contribution in [0.2, 0.25) is 0 Å². The van der Waals surface area contributed by atoms with Gasteiger partial charge in [0.05, 0.1) is 11.4 Å². The van der Waals surface area contributed by atoms with Gasteiger partial charge in [-0.1, -0.05) is 39.0 Å². The molecule has 2 heterocycles. The summed E-state index contributed by atoms with van der Waals surface area (Å²) in [5, 5.41) is 10.3. The third-order valence-corrected chi connectivity index (χ3v) is 4.45. The van der Waals surface area contributed by atoms with E-state index in [1.807, 2.05) is 36.4 Å². The topological polar surface area (TPSA) is 79.3 Å². The first kappa shape index (κ1) is 18.0. The Bertz CT molecular complexity index is 807. The minimum Gasteiger partial charge on any atom is -0.344 e. The van der Waals surface area contributed by atoms with Crippen LogP contribution in [0.4, 0.5) is 10.6 Å². The molecule has 0 radical (unpaired) electrons. The zero-order valence-electron chi connectivity index (χ0n) is 15.6. The summed E-state index contributed by atoms with van der Waals surface area (Å²) in [4.78, 5) is 26.0. The maximum atomic E-state index is 12.4. The van der Waals surface area contributed by atoms with Gasteiger partial charge in [-0.15, -0.1) is 0 Å². The second kappa shape index (κ2) is 6.82. The summed E-state index contributed by atoms with van der Waals surface area (Å²) in [5.41, 5.74) is 1.57. The summed E-state index contributed by atoms with van der Waals surface area (Å²) in [5.74, 6) is 0.504. The van der Waals surface area contributed by atoms with Gasteiger partial charge in [0.2, 0.25) is 5.91 Å². The van der Waals surface area contributed by atoms with Gasteiger partial charge in [0, 0.05) is 25.1 Å². The fourth-order valence-electron chi connectivity index (χ4n) is 2.87. The van der Waals surface area contributed by atoms with Crippen LogP contribution in [0.25, 0.3) is 5.69 Å². The van der Waals surface area contributed by atoms with E-state index in [4.69, 9.17) is 0 Å². The zero-order chi connectivity index (χ0) is 18.9. The molecule has 26 heavy (non-hydrogen) atoms. The van der Waals surface area contributed by atoms with Gasteiger partial charge < -0.3 is 10.2 Å². The smallest absolute Gasteiger partial charge is 0.321 e. The number of hydrogen-bond acceptors (Lipinski definition) is 3. The number of anilines is 1. The van der Waals surface area contributed by atoms with Crippen LogP contribution in [0.15, 0.2) is 36.4 Å². The molecule has 1 aromatic carbocycles. The molecule has 1 atom stereocenters. The summed E-state index contributed by atoms with van der Waals surface area (Å²) >= 11 is 0. The van der Waals surface area contributed by atoms with E-state index in [-0.39, 0.29) is 11.3 Å². The molecule has 1 aromatic heterocycles. The molecule has 0 spiro atoms. The van der Waals surface area contributed by atoms with Crippen molar-refractivity contribution in [2.75, 3.05) is 18.9 Å². The first-order valence-corrected chi connectivity index (χ1v) is 8.74. The molecule has 3 amide bonds. The van der Waals surface area contributed by atoms with Crippen LogP contribution in [0.5, 0.6) is 0 Å². The molecule has 1 saturated heterocycles. The molecule has 1 fully saturated rings. The number of benzene rings is 1. The predicted molar refractivity (Wildman–Crippen MR) is 100 cm³/mol. The Morgan fingerprint density at radius 1 is 1.23 bits per heavy atom. The van der Waals surface area contributed by atoms with Crippen molar-refractivity contribution in [3.05, 3.63) is 42.1 Å². The molecule has 2 aromatic rings. The number of likely N-dealkylation sites (tertiary alicyclic amines) is 1. The molecule has 7 heteroatoms. The second-order valence-corrected chi connectivity index (χ2v) is 7.61. The highest BCUT2D eigenvalue weighted by Gasteiger charge is 2.30. The minimum atomic E-state index is -0.477. The fourth-order valence-corrected chi connectivity index (χ4v) is 2.87.